The van der Waals surface area contributed by atoms with Gasteiger partial charge in [0, 0.05) is 35.7 Å². The number of fused-ring (bicyclic) bond motifs is 1. The normalized spacial score (nSPS) is 10.5. The lowest BCUT2D eigenvalue weighted by Gasteiger charge is -2.09. The maximum atomic E-state index is 10.8. The van der Waals surface area contributed by atoms with Crippen LogP contribution in [0.1, 0.15) is 12.5 Å². The molecule has 2 aromatic carbocycles. The van der Waals surface area contributed by atoms with Crippen LogP contribution >= 0.6 is 0 Å². The van der Waals surface area contributed by atoms with Gasteiger partial charge in [-0.2, -0.15) is 5.26 Å². The van der Waals surface area contributed by atoms with Crippen molar-refractivity contribution in [3.05, 3.63) is 58.1 Å². The van der Waals surface area contributed by atoms with Crippen molar-refractivity contribution in [2.45, 2.75) is 13.5 Å². The molecule has 24 heavy (non-hydrogen) atoms. The smallest absolute Gasteiger partial charge is 0.269 e. The number of rotatable bonds is 4. The number of aryl methyl sites for hydroxylation is 1. The Morgan fingerprint density at radius 1 is 1.25 bits per heavy atom. The van der Waals surface area contributed by atoms with Crippen LogP contribution in [-0.4, -0.2) is 16.6 Å². The van der Waals surface area contributed by atoms with Crippen LogP contribution in [0.2, 0.25) is 0 Å². The third-order valence-corrected chi connectivity index (χ3v) is 4.05. The summed E-state index contributed by atoms with van der Waals surface area (Å²) in [5.74, 6) is 0.717. The Morgan fingerprint density at radius 2 is 1.96 bits per heavy atom. The van der Waals surface area contributed by atoms with Crippen molar-refractivity contribution in [3.63, 3.8) is 0 Å². The summed E-state index contributed by atoms with van der Waals surface area (Å²) in [6.07, 6.45) is 0. The van der Waals surface area contributed by atoms with Gasteiger partial charge in [0.15, 0.2) is 0 Å². The third-order valence-electron chi connectivity index (χ3n) is 4.05. The Hall–Kier alpha value is -3.33. The number of nitriles is 1. The summed E-state index contributed by atoms with van der Waals surface area (Å²) < 4.78 is 7.31. The molecule has 6 heteroatoms. The molecule has 3 aromatic rings. The number of ether oxygens (including phenoxy) is 1. The lowest BCUT2D eigenvalue weighted by Crippen LogP contribution is -1.98. The molecule has 0 amide bonds. The second kappa shape index (κ2) is 6.05. The maximum absolute atomic E-state index is 10.8. The molecular formula is C18H15N3O3. The fourth-order valence-corrected chi connectivity index (χ4v) is 2.94. The quantitative estimate of drug-likeness (QED) is 0.535. The monoisotopic (exact) mass is 321 g/mol. The van der Waals surface area contributed by atoms with Gasteiger partial charge in [-0.15, -0.1) is 0 Å². The lowest BCUT2D eigenvalue weighted by molar-refractivity contribution is -0.384. The summed E-state index contributed by atoms with van der Waals surface area (Å²) in [6, 6.07) is 14.1. The standard InChI is InChI=1S/C18H15N3O3/c1-3-20-17-10-14(24-2)8-9-15(17)16(11-19)18(20)12-4-6-13(7-5-12)21(22)23/h4-10H,3H2,1-2H3. The molecule has 6 nitrogen and oxygen atoms in total. The number of benzene rings is 2. The van der Waals surface area contributed by atoms with Crippen molar-refractivity contribution in [1.82, 2.24) is 4.57 Å². The van der Waals surface area contributed by atoms with Crippen LogP contribution in [-0.2, 0) is 6.54 Å². The van der Waals surface area contributed by atoms with E-state index in [4.69, 9.17) is 4.74 Å². The molecule has 1 aromatic heterocycles. The van der Waals surface area contributed by atoms with E-state index in [1.165, 1.54) is 12.1 Å². The van der Waals surface area contributed by atoms with E-state index in [2.05, 4.69) is 6.07 Å². The summed E-state index contributed by atoms with van der Waals surface area (Å²) >= 11 is 0. The van der Waals surface area contributed by atoms with Gasteiger partial charge in [-0.05, 0) is 31.2 Å². The van der Waals surface area contributed by atoms with Crippen molar-refractivity contribution >= 4 is 16.6 Å². The molecule has 0 radical (unpaired) electrons. The molecule has 0 aliphatic rings. The fourth-order valence-electron chi connectivity index (χ4n) is 2.94. The van der Waals surface area contributed by atoms with Crippen molar-refractivity contribution in [2.75, 3.05) is 7.11 Å². The van der Waals surface area contributed by atoms with E-state index in [0.29, 0.717) is 12.1 Å². The topological polar surface area (TPSA) is 81.1 Å². The summed E-state index contributed by atoms with van der Waals surface area (Å²) in [5, 5.41) is 21.3. The Kier molecular flexibility index (Phi) is 3.92. The Labute approximate surface area is 138 Å². The lowest BCUT2D eigenvalue weighted by atomic mass is 10.1. The van der Waals surface area contributed by atoms with Gasteiger partial charge >= 0.3 is 0 Å². The molecule has 3 rings (SSSR count). The van der Waals surface area contributed by atoms with Crippen LogP contribution < -0.4 is 4.74 Å². The zero-order chi connectivity index (χ0) is 17.3. The predicted octanol–water partition coefficient (Wildman–Crippen LogP) is 4.12. The second-order valence-electron chi connectivity index (χ2n) is 5.27. The van der Waals surface area contributed by atoms with E-state index >= 15 is 0 Å². The van der Waals surface area contributed by atoms with Crippen LogP contribution in [0.3, 0.4) is 0 Å². The highest BCUT2D eigenvalue weighted by Crippen LogP contribution is 2.35. The average molecular weight is 321 g/mol. The highest BCUT2D eigenvalue weighted by atomic mass is 16.6. The van der Waals surface area contributed by atoms with Crippen LogP contribution in [0.4, 0.5) is 5.69 Å². The van der Waals surface area contributed by atoms with E-state index in [9.17, 15) is 15.4 Å². The minimum atomic E-state index is -0.435. The maximum Gasteiger partial charge on any atom is 0.269 e. The SMILES string of the molecule is CCn1c(-c2ccc([N+](=O)[O-])cc2)c(C#N)c2ccc(OC)cc21. The van der Waals surface area contributed by atoms with Gasteiger partial charge in [0.1, 0.15) is 11.8 Å². The van der Waals surface area contributed by atoms with Gasteiger partial charge in [-0.25, -0.2) is 0 Å². The van der Waals surface area contributed by atoms with Crippen LogP contribution in [0.15, 0.2) is 42.5 Å². The summed E-state index contributed by atoms with van der Waals surface area (Å²) in [5.41, 5.74) is 3.02. The molecule has 120 valence electrons. The third kappa shape index (κ3) is 2.36. The first-order valence-corrected chi connectivity index (χ1v) is 7.45. The van der Waals surface area contributed by atoms with E-state index in [0.717, 1.165) is 27.9 Å². The first-order valence-electron chi connectivity index (χ1n) is 7.45. The molecule has 0 bridgehead atoms. The zero-order valence-electron chi connectivity index (χ0n) is 13.3. The van der Waals surface area contributed by atoms with Crippen molar-refractivity contribution in [1.29, 1.82) is 5.26 Å². The van der Waals surface area contributed by atoms with Gasteiger partial charge in [0.25, 0.3) is 5.69 Å². The number of nitrogens with zero attached hydrogens (tertiary/aromatic N) is 3. The second-order valence-corrected chi connectivity index (χ2v) is 5.27. The molecular weight excluding hydrogens is 306 g/mol. The molecule has 0 aliphatic carbocycles. The fraction of sp³-hybridized carbons (Fsp3) is 0.167. The van der Waals surface area contributed by atoms with E-state index < -0.39 is 4.92 Å². The number of aromatic nitrogens is 1. The number of methoxy groups -OCH3 is 1. The molecule has 0 N–H and O–H groups in total. The van der Waals surface area contributed by atoms with Gasteiger partial charge in [0.05, 0.1) is 28.8 Å². The summed E-state index contributed by atoms with van der Waals surface area (Å²) in [6.45, 7) is 2.66. The predicted molar refractivity (Wildman–Crippen MR) is 91.0 cm³/mol. The van der Waals surface area contributed by atoms with E-state index in [1.54, 1.807) is 19.2 Å². The van der Waals surface area contributed by atoms with Crippen LogP contribution in [0.5, 0.6) is 5.75 Å². The molecule has 0 fully saturated rings. The number of nitro benzene ring substituents is 1. The Morgan fingerprint density at radius 3 is 2.50 bits per heavy atom. The molecule has 0 atom stereocenters. The van der Waals surface area contributed by atoms with Crippen LogP contribution in [0, 0.1) is 21.4 Å². The minimum Gasteiger partial charge on any atom is -0.497 e. The van der Waals surface area contributed by atoms with Crippen molar-refractivity contribution in [2.24, 2.45) is 0 Å². The molecule has 0 saturated heterocycles. The largest absolute Gasteiger partial charge is 0.497 e. The summed E-state index contributed by atoms with van der Waals surface area (Å²) in [7, 11) is 1.60. The molecule has 0 spiro atoms. The summed E-state index contributed by atoms with van der Waals surface area (Å²) in [4.78, 5) is 10.4. The molecule has 0 aliphatic heterocycles. The molecule has 0 saturated carbocycles. The number of non-ortho nitro benzene ring substituents is 1. The highest BCUT2D eigenvalue weighted by Gasteiger charge is 2.19. The Balaban J connectivity index is 2.30. The van der Waals surface area contributed by atoms with Crippen LogP contribution in [0.25, 0.3) is 22.2 Å². The number of hydrogen-bond acceptors (Lipinski definition) is 4. The minimum absolute atomic E-state index is 0.0260. The van der Waals surface area contributed by atoms with Crippen molar-refractivity contribution in [3.8, 4) is 23.1 Å². The zero-order valence-corrected chi connectivity index (χ0v) is 13.3. The highest BCUT2D eigenvalue weighted by molar-refractivity contribution is 5.95. The number of hydrogen-bond donors (Lipinski definition) is 0. The average Bonchev–Trinajstić information content (AvgIpc) is 2.94. The first kappa shape index (κ1) is 15.6. The van der Waals surface area contributed by atoms with Gasteiger partial charge in [-0.3, -0.25) is 10.1 Å². The first-order chi connectivity index (χ1) is 11.6. The van der Waals surface area contributed by atoms with Crippen molar-refractivity contribution < 1.29 is 9.66 Å². The molecule has 0 unspecified atom stereocenters. The number of nitro groups is 1. The van der Waals surface area contributed by atoms with E-state index in [1.807, 2.05) is 29.7 Å². The molecule has 1 heterocycles. The van der Waals surface area contributed by atoms with Gasteiger partial charge in [-0.1, -0.05) is 0 Å². The van der Waals surface area contributed by atoms with Gasteiger partial charge in [0.2, 0.25) is 0 Å². The Bertz CT molecular complexity index is 966. The van der Waals surface area contributed by atoms with E-state index in [-0.39, 0.29) is 5.69 Å². The van der Waals surface area contributed by atoms with Gasteiger partial charge < -0.3 is 9.30 Å².